The van der Waals surface area contributed by atoms with E-state index in [9.17, 15) is 14.4 Å². The highest BCUT2D eigenvalue weighted by Gasteiger charge is 2.35. The number of nitriles is 1. The Bertz CT molecular complexity index is 627. The van der Waals surface area contributed by atoms with Crippen LogP contribution < -0.4 is 5.32 Å². The van der Waals surface area contributed by atoms with Crippen LogP contribution in [0.3, 0.4) is 0 Å². The van der Waals surface area contributed by atoms with Gasteiger partial charge in [0.1, 0.15) is 11.9 Å². The van der Waals surface area contributed by atoms with Crippen LogP contribution in [0.5, 0.6) is 0 Å². The van der Waals surface area contributed by atoms with Crippen molar-refractivity contribution in [3.05, 3.63) is 34.6 Å². The molecule has 23 heavy (non-hydrogen) atoms. The summed E-state index contributed by atoms with van der Waals surface area (Å²) in [6.45, 7) is 2.57. The van der Waals surface area contributed by atoms with E-state index in [0.717, 1.165) is 12.8 Å². The van der Waals surface area contributed by atoms with Gasteiger partial charge in [0.25, 0.3) is 0 Å². The van der Waals surface area contributed by atoms with Crippen molar-refractivity contribution < 1.29 is 9.18 Å². The molecule has 0 radical (unpaired) electrons. The lowest BCUT2D eigenvalue weighted by molar-refractivity contribution is 0.110. The Kier molecular flexibility index (Phi) is 4.69. The summed E-state index contributed by atoms with van der Waals surface area (Å²) in [6, 6.07) is 5.87. The van der Waals surface area contributed by atoms with Crippen molar-refractivity contribution in [1.29, 1.82) is 5.26 Å². The van der Waals surface area contributed by atoms with Gasteiger partial charge < -0.3 is 10.2 Å². The fourth-order valence-corrected chi connectivity index (χ4v) is 3.67. The second kappa shape index (κ2) is 6.73. The Morgan fingerprint density at radius 2 is 2.26 bits per heavy atom. The van der Waals surface area contributed by atoms with Gasteiger partial charge in [-0.15, -0.1) is 0 Å². The molecule has 0 aliphatic carbocycles. The predicted octanol–water partition coefficient (Wildman–Crippen LogP) is 2.53. The Morgan fingerprint density at radius 1 is 1.43 bits per heavy atom. The number of carbonyl (C=O) groups is 1. The maximum Gasteiger partial charge on any atom is 0.317 e. The minimum atomic E-state index is -0.739. The summed E-state index contributed by atoms with van der Waals surface area (Å²) < 4.78 is 14.2. The highest BCUT2D eigenvalue weighted by Crippen LogP contribution is 2.32. The number of urea groups is 1. The summed E-state index contributed by atoms with van der Waals surface area (Å²) in [6.07, 6.45) is 1.76. The van der Waals surface area contributed by atoms with E-state index < -0.39 is 11.9 Å². The first kappa shape index (κ1) is 16.0. The molecule has 1 N–H and O–H groups in total. The Labute approximate surface area is 139 Å². The van der Waals surface area contributed by atoms with E-state index >= 15 is 0 Å². The summed E-state index contributed by atoms with van der Waals surface area (Å²) in [5.74, 6) is -0.468. The van der Waals surface area contributed by atoms with Gasteiger partial charge in [0.2, 0.25) is 0 Å². The Hall–Kier alpha value is -1.84. The summed E-state index contributed by atoms with van der Waals surface area (Å²) >= 11 is 6.12. The molecule has 2 saturated heterocycles. The van der Waals surface area contributed by atoms with Gasteiger partial charge in [-0.25, -0.2) is 9.18 Å². The van der Waals surface area contributed by atoms with Crippen LogP contribution in [0.2, 0.25) is 5.02 Å². The maximum absolute atomic E-state index is 14.2. The van der Waals surface area contributed by atoms with Crippen molar-refractivity contribution in [2.75, 3.05) is 26.2 Å². The average Bonchev–Trinajstić information content (AvgIpc) is 2.97. The number of carbonyl (C=O) groups excluding carboxylic acids is 1. The fraction of sp³-hybridized carbons (Fsp3) is 0.500. The minimum absolute atomic E-state index is 0.0487. The number of amides is 2. The first-order chi connectivity index (χ1) is 11.1. The van der Waals surface area contributed by atoms with E-state index in [-0.39, 0.29) is 22.7 Å². The molecule has 2 amide bonds. The third kappa shape index (κ3) is 3.12. The SMILES string of the molecule is N#C[C@H](c1c(F)cccc1Cl)N1CCC[C@H](N2CCNC2=O)C1. The van der Waals surface area contributed by atoms with Crippen molar-refractivity contribution in [1.82, 2.24) is 15.1 Å². The Balaban J connectivity index is 1.82. The fourth-order valence-electron chi connectivity index (χ4n) is 3.41. The van der Waals surface area contributed by atoms with Gasteiger partial charge in [0.15, 0.2) is 0 Å². The van der Waals surface area contributed by atoms with Crippen molar-refractivity contribution in [2.45, 2.75) is 24.9 Å². The smallest absolute Gasteiger partial charge is 0.317 e. The lowest BCUT2D eigenvalue weighted by Crippen LogP contribution is -2.49. The van der Waals surface area contributed by atoms with Crippen LogP contribution in [0.1, 0.15) is 24.4 Å². The third-order valence-corrected chi connectivity index (χ3v) is 4.85. The molecule has 0 unspecified atom stereocenters. The van der Waals surface area contributed by atoms with Crippen LogP contribution in [-0.2, 0) is 0 Å². The zero-order valence-corrected chi connectivity index (χ0v) is 13.4. The molecule has 0 aromatic heterocycles. The van der Waals surface area contributed by atoms with Crippen molar-refractivity contribution in [2.24, 2.45) is 0 Å². The molecule has 2 heterocycles. The topological polar surface area (TPSA) is 59.4 Å². The maximum atomic E-state index is 14.2. The number of nitrogens with zero attached hydrogens (tertiary/aromatic N) is 3. The number of benzene rings is 1. The zero-order chi connectivity index (χ0) is 16.4. The normalized spacial score (nSPS) is 23.4. The highest BCUT2D eigenvalue weighted by molar-refractivity contribution is 6.31. The molecule has 0 saturated carbocycles. The first-order valence-electron chi connectivity index (χ1n) is 7.74. The molecule has 1 aromatic carbocycles. The molecule has 2 aliphatic rings. The van der Waals surface area contributed by atoms with Gasteiger partial charge in [0, 0.05) is 36.3 Å². The average molecular weight is 337 g/mol. The van der Waals surface area contributed by atoms with Crippen molar-refractivity contribution in [3.8, 4) is 6.07 Å². The summed E-state index contributed by atoms with van der Waals surface area (Å²) in [5, 5.41) is 12.6. The highest BCUT2D eigenvalue weighted by atomic mass is 35.5. The largest absolute Gasteiger partial charge is 0.336 e. The molecule has 2 fully saturated rings. The quantitative estimate of drug-likeness (QED) is 0.922. The van der Waals surface area contributed by atoms with Crippen LogP contribution in [0, 0.1) is 17.1 Å². The lowest BCUT2D eigenvalue weighted by Gasteiger charge is -2.39. The molecule has 3 rings (SSSR count). The number of hydrogen-bond acceptors (Lipinski definition) is 3. The van der Waals surface area contributed by atoms with Crippen LogP contribution in [0.25, 0.3) is 0 Å². The lowest BCUT2D eigenvalue weighted by atomic mass is 9.99. The molecule has 0 spiro atoms. The molecule has 2 aliphatic heterocycles. The standard InChI is InChI=1S/C16H18ClFN4O/c17-12-4-1-5-13(18)15(12)14(9-19)21-7-2-3-11(10-21)22-8-6-20-16(22)23/h1,4-5,11,14H,2-3,6-8,10H2,(H,20,23)/t11-,14+/m0/s1. The monoisotopic (exact) mass is 336 g/mol. The summed E-state index contributed by atoms with van der Waals surface area (Å²) in [7, 11) is 0. The number of nitrogens with one attached hydrogen (secondary N) is 1. The first-order valence-corrected chi connectivity index (χ1v) is 8.11. The number of likely N-dealkylation sites (tertiary alicyclic amines) is 1. The van der Waals surface area contributed by atoms with Crippen LogP contribution in [0.15, 0.2) is 18.2 Å². The molecule has 122 valence electrons. The molecule has 2 atom stereocenters. The molecule has 5 nitrogen and oxygen atoms in total. The minimum Gasteiger partial charge on any atom is -0.336 e. The second-order valence-corrected chi connectivity index (χ2v) is 6.29. The van der Waals surface area contributed by atoms with E-state index in [0.29, 0.717) is 26.2 Å². The summed E-state index contributed by atoms with van der Waals surface area (Å²) in [5.41, 5.74) is 0.225. The van der Waals surface area contributed by atoms with Gasteiger partial charge >= 0.3 is 6.03 Å². The number of hydrogen-bond donors (Lipinski definition) is 1. The van der Waals surface area contributed by atoms with Crippen LogP contribution >= 0.6 is 11.6 Å². The third-order valence-electron chi connectivity index (χ3n) is 4.52. The second-order valence-electron chi connectivity index (χ2n) is 5.88. The Morgan fingerprint density at radius 3 is 2.91 bits per heavy atom. The molecule has 1 aromatic rings. The van der Waals surface area contributed by atoms with Crippen LogP contribution in [0.4, 0.5) is 9.18 Å². The van der Waals surface area contributed by atoms with Gasteiger partial charge in [-0.3, -0.25) is 4.90 Å². The van der Waals surface area contributed by atoms with Crippen LogP contribution in [-0.4, -0.2) is 48.1 Å². The van der Waals surface area contributed by atoms with Crippen molar-refractivity contribution >= 4 is 17.6 Å². The van der Waals surface area contributed by atoms with E-state index in [1.54, 1.807) is 6.07 Å². The molecular weight excluding hydrogens is 319 g/mol. The van der Waals surface area contributed by atoms with E-state index in [2.05, 4.69) is 11.4 Å². The predicted molar refractivity (Wildman–Crippen MR) is 84.5 cm³/mol. The molecule has 0 bridgehead atoms. The van der Waals surface area contributed by atoms with Crippen molar-refractivity contribution in [3.63, 3.8) is 0 Å². The van der Waals surface area contributed by atoms with Gasteiger partial charge in [0.05, 0.1) is 6.07 Å². The van der Waals surface area contributed by atoms with E-state index in [1.165, 1.54) is 12.1 Å². The van der Waals surface area contributed by atoms with E-state index in [4.69, 9.17) is 11.6 Å². The number of halogens is 2. The van der Waals surface area contributed by atoms with Gasteiger partial charge in [-0.2, -0.15) is 5.26 Å². The number of rotatable bonds is 3. The van der Waals surface area contributed by atoms with Gasteiger partial charge in [-0.05, 0) is 31.5 Å². The molecular formula is C16H18ClFN4O. The zero-order valence-electron chi connectivity index (χ0n) is 12.6. The van der Waals surface area contributed by atoms with Gasteiger partial charge in [-0.1, -0.05) is 17.7 Å². The summed E-state index contributed by atoms with van der Waals surface area (Å²) in [4.78, 5) is 15.6. The molecule has 7 heteroatoms. The van der Waals surface area contributed by atoms with E-state index in [1.807, 2.05) is 9.80 Å². The number of piperidine rings is 1.